The smallest absolute Gasteiger partial charge is 0.0800 e. The van der Waals surface area contributed by atoms with Crippen molar-refractivity contribution in [3.8, 4) is 0 Å². The lowest BCUT2D eigenvalue weighted by Crippen LogP contribution is -2.45. The summed E-state index contributed by atoms with van der Waals surface area (Å²) in [4.78, 5) is 10.4. The van der Waals surface area contributed by atoms with Crippen LogP contribution >= 0.6 is 0 Å². The normalized spacial score (nSPS) is 26.6. The van der Waals surface area contributed by atoms with E-state index in [1.807, 2.05) is 12.1 Å². The molecule has 3 unspecified atom stereocenters. The minimum absolute atomic E-state index is 0.0993. The summed E-state index contributed by atoms with van der Waals surface area (Å²) in [6, 6.07) is 13.0. The Morgan fingerprint density at radius 3 is 2.92 bits per heavy atom. The van der Waals surface area contributed by atoms with Crippen molar-refractivity contribution in [2.45, 2.75) is 43.7 Å². The lowest BCUT2D eigenvalue weighted by Gasteiger charge is -2.43. The van der Waals surface area contributed by atoms with Crippen LogP contribution in [0.4, 0.5) is 0 Å². The highest BCUT2D eigenvalue weighted by molar-refractivity contribution is 5.86. The van der Waals surface area contributed by atoms with Crippen LogP contribution in [0.15, 0.2) is 48.8 Å². The van der Waals surface area contributed by atoms with E-state index in [0.29, 0.717) is 12.5 Å². The number of aromatic nitrogens is 2. The van der Waals surface area contributed by atoms with Crippen LogP contribution < -0.4 is 0 Å². The van der Waals surface area contributed by atoms with Crippen LogP contribution in [0.2, 0.25) is 0 Å². The zero-order valence-electron chi connectivity index (χ0n) is 15.2. The fraction of sp³-hybridized carbons (Fsp3) is 0.409. The zero-order chi connectivity index (χ0) is 17.7. The summed E-state index contributed by atoms with van der Waals surface area (Å²) >= 11 is 0. The number of aliphatic hydroxyl groups is 1. The summed E-state index contributed by atoms with van der Waals surface area (Å²) in [5.41, 5.74) is 4.86. The number of H-pyrrole nitrogens is 1. The number of nitrogens with zero attached hydrogens (tertiary/aromatic N) is 2. The Bertz CT molecular complexity index is 935. The monoisotopic (exact) mass is 347 g/mol. The molecule has 0 saturated carbocycles. The molecule has 1 saturated heterocycles. The van der Waals surface area contributed by atoms with E-state index in [9.17, 15) is 5.11 Å². The minimum atomic E-state index is -0.485. The lowest BCUT2D eigenvalue weighted by molar-refractivity contribution is 0.0965. The van der Waals surface area contributed by atoms with Crippen LogP contribution in [-0.4, -0.2) is 33.1 Å². The van der Waals surface area contributed by atoms with Crippen molar-refractivity contribution in [1.29, 1.82) is 0 Å². The molecule has 26 heavy (non-hydrogen) atoms. The number of aromatic amines is 1. The van der Waals surface area contributed by atoms with Gasteiger partial charge in [0, 0.05) is 47.0 Å². The number of hydrogen-bond acceptors (Lipinski definition) is 3. The van der Waals surface area contributed by atoms with Crippen molar-refractivity contribution in [2.24, 2.45) is 0 Å². The van der Waals surface area contributed by atoms with E-state index in [1.54, 1.807) is 12.4 Å². The third kappa shape index (κ3) is 2.40. The van der Waals surface area contributed by atoms with Gasteiger partial charge in [-0.05, 0) is 55.1 Å². The van der Waals surface area contributed by atoms with Gasteiger partial charge in [0.25, 0.3) is 0 Å². The van der Waals surface area contributed by atoms with Gasteiger partial charge in [-0.15, -0.1) is 0 Å². The summed E-state index contributed by atoms with van der Waals surface area (Å²) in [5, 5.41) is 12.3. The molecule has 0 bridgehead atoms. The van der Waals surface area contributed by atoms with Crippen molar-refractivity contribution >= 4 is 10.9 Å². The van der Waals surface area contributed by atoms with Crippen molar-refractivity contribution in [3.63, 3.8) is 0 Å². The molecule has 2 aliphatic rings. The molecule has 4 heterocycles. The Morgan fingerprint density at radius 2 is 2.08 bits per heavy atom. The fourth-order valence-corrected chi connectivity index (χ4v) is 5.15. The van der Waals surface area contributed by atoms with Crippen LogP contribution in [-0.2, 0) is 5.41 Å². The molecule has 5 rings (SSSR count). The second-order valence-corrected chi connectivity index (χ2v) is 8.15. The van der Waals surface area contributed by atoms with Crippen LogP contribution in [0.3, 0.4) is 0 Å². The van der Waals surface area contributed by atoms with Gasteiger partial charge in [-0.1, -0.05) is 25.1 Å². The number of aliphatic hydroxyl groups excluding tert-OH is 1. The molecule has 134 valence electrons. The van der Waals surface area contributed by atoms with Crippen molar-refractivity contribution in [3.05, 3.63) is 65.6 Å². The molecule has 3 aromatic rings. The molecule has 0 aliphatic carbocycles. The largest absolute Gasteiger partial charge is 0.388 e. The van der Waals surface area contributed by atoms with E-state index in [0.717, 1.165) is 18.7 Å². The predicted octanol–water partition coefficient (Wildman–Crippen LogP) is 4.09. The Hall–Kier alpha value is -2.17. The van der Waals surface area contributed by atoms with E-state index in [-0.39, 0.29) is 5.41 Å². The molecule has 2 aliphatic heterocycles. The predicted molar refractivity (Wildman–Crippen MR) is 103 cm³/mol. The van der Waals surface area contributed by atoms with Crippen LogP contribution in [0, 0.1) is 0 Å². The van der Waals surface area contributed by atoms with Crippen molar-refractivity contribution < 1.29 is 5.11 Å². The third-order valence-electron chi connectivity index (χ3n) is 6.33. The van der Waals surface area contributed by atoms with Gasteiger partial charge in [0.1, 0.15) is 0 Å². The second kappa shape index (κ2) is 5.93. The number of nitrogens with one attached hydrogen (secondary N) is 1. The number of hydrogen-bond donors (Lipinski definition) is 2. The second-order valence-electron chi connectivity index (χ2n) is 8.15. The van der Waals surface area contributed by atoms with Gasteiger partial charge in [-0.3, -0.25) is 9.88 Å². The first-order chi connectivity index (χ1) is 12.7. The van der Waals surface area contributed by atoms with E-state index >= 15 is 0 Å². The van der Waals surface area contributed by atoms with Gasteiger partial charge in [0.15, 0.2) is 0 Å². The molecule has 2 N–H and O–H groups in total. The maximum atomic E-state index is 10.9. The van der Waals surface area contributed by atoms with Gasteiger partial charge in [-0.2, -0.15) is 0 Å². The Kier molecular flexibility index (Phi) is 3.66. The zero-order valence-corrected chi connectivity index (χ0v) is 15.2. The number of benzene rings is 1. The molecule has 0 radical (unpaired) electrons. The molecule has 0 spiro atoms. The Balaban J connectivity index is 1.60. The van der Waals surface area contributed by atoms with Gasteiger partial charge < -0.3 is 10.1 Å². The summed E-state index contributed by atoms with van der Waals surface area (Å²) in [6.45, 7) is 4.46. The first-order valence-corrected chi connectivity index (χ1v) is 9.59. The molecule has 4 heteroatoms. The maximum Gasteiger partial charge on any atom is 0.0800 e. The average Bonchev–Trinajstić information content (AvgIpc) is 3.26. The number of para-hydroxylation sites is 1. The highest BCUT2D eigenvalue weighted by atomic mass is 16.3. The summed E-state index contributed by atoms with van der Waals surface area (Å²) in [6.07, 6.45) is 6.23. The molecular weight excluding hydrogens is 322 g/mol. The van der Waals surface area contributed by atoms with Crippen molar-refractivity contribution in [1.82, 2.24) is 14.9 Å². The first-order valence-electron chi connectivity index (χ1n) is 9.59. The van der Waals surface area contributed by atoms with Crippen LogP contribution in [0.5, 0.6) is 0 Å². The molecule has 1 aromatic carbocycles. The van der Waals surface area contributed by atoms with Crippen molar-refractivity contribution in [2.75, 3.05) is 13.1 Å². The number of fused-ring (bicyclic) bond motifs is 5. The van der Waals surface area contributed by atoms with E-state index in [2.05, 4.69) is 46.1 Å². The highest BCUT2D eigenvalue weighted by Crippen LogP contribution is 2.49. The number of pyridine rings is 1. The van der Waals surface area contributed by atoms with E-state index < -0.39 is 6.10 Å². The summed E-state index contributed by atoms with van der Waals surface area (Å²) in [5.74, 6) is 0. The SMILES string of the molecule is CC1(CC(O)c2ccncc2)CN2CCCC2c2c1[nH]c1ccccc21. The highest BCUT2D eigenvalue weighted by Gasteiger charge is 2.45. The van der Waals surface area contributed by atoms with Gasteiger partial charge in [-0.25, -0.2) is 0 Å². The van der Waals surface area contributed by atoms with Gasteiger partial charge in [0.2, 0.25) is 0 Å². The minimum Gasteiger partial charge on any atom is -0.388 e. The molecule has 3 atom stereocenters. The Morgan fingerprint density at radius 1 is 1.27 bits per heavy atom. The maximum absolute atomic E-state index is 10.9. The van der Waals surface area contributed by atoms with E-state index in [1.165, 1.54) is 35.0 Å². The molecule has 1 fully saturated rings. The van der Waals surface area contributed by atoms with E-state index in [4.69, 9.17) is 0 Å². The standard InChI is InChI=1S/C22H25N3O/c1-22(13-19(26)15-8-10-23-11-9-15)14-25-12-4-7-18(25)20-16-5-2-3-6-17(16)24-21(20)22/h2-3,5-6,8-11,18-19,24,26H,4,7,12-14H2,1H3. The third-order valence-corrected chi connectivity index (χ3v) is 6.33. The summed E-state index contributed by atoms with van der Waals surface area (Å²) in [7, 11) is 0. The molecular formula is C22H25N3O. The first kappa shape index (κ1) is 16.0. The molecule has 2 aromatic heterocycles. The quantitative estimate of drug-likeness (QED) is 0.750. The van der Waals surface area contributed by atoms with Gasteiger partial charge in [0.05, 0.1) is 6.10 Å². The van der Waals surface area contributed by atoms with Gasteiger partial charge >= 0.3 is 0 Å². The van der Waals surface area contributed by atoms with Crippen LogP contribution in [0.25, 0.3) is 10.9 Å². The lowest BCUT2D eigenvalue weighted by atomic mass is 9.74. The fourth-order valence-electron chi connectivity index (χ4n) is 5.15. The van der Waals surface area contributed by atoms with Crippen LogP contribution in [0.1, 0.15) is 55.2 Å². The Labute approximate surface area is 153 Å². The molecule has 0 amide bonds. The summed E-state index contributed by atoms with van der Waals surface area (Å²) < 4.78 is 0. The molecule has 4 nitrogen and oxygen atoms in total. The number of rotatable bonds is 3. The topological polar surface area (TPSA) is 52.2 Å². The average molecular weight is 347 g/mol.